The van der Waals surface area contributed by atoms with Crippen molar-refractivity contribution < 1.29 is 9.84 Å². The summed E-state index contributed by atoms with van der Waals surface area (Å²) < 4.78 is 7.63. The average Bonchev–Trinajstić information content (AvgIpc) is 3.34. The lowest BCUT2D eigenvalue weighted by Crippen LogP contribution is -2.31. The van der Waals surface area contributed by atoms with Gasteiger partial charge in [-0.2, -0.15) is 5.10 Å². The van der Waals surface area contributed by atoms with Crippen molar-refractivity contribution in [2.45, 2.75) is 58.5 Å². The molecule has 4 heterocycles. The molecule has 146 valence electrons. The van der Waals surface area contributed by atoms with Gasteiger partial charge in [-0.15, -0.1) is 0 Å². The van der Waals surface area contributed by atoms with Crippen molar-refractivity contribution in [3.8, 4) is 0 Å². The van der Waals surface area contributed by atoms with Crippen molar-refractivity contribution in [2.75, 3.05) is 25.0 Å². The summed E-state index contributed by atoms with van der Waals surface area (Å²) in [5, 5.41) is 17.4. The van der Waals surface area contributed by atoms with E-state index >= 15 is 0 Å². The van der Waals surface area contributed by atoms with Crippen molar-refractivity contribution in [2.24, 2.45) is 0 Å². The first kappa shape index (κ1) is 18.3. The number of nitrogens with zero attached hydrogens (tertiary/aromatic N) is 5. The molecule has 0 radical (unpaired) electrons. The lowest BCUT2D eigenvalue weighted by molar-refractivity contribution is 0.120. The van der Waals surface area contributed by atoms with E-state index in [1.54, 1.807) is 0 Å². The summed E-state index contributed by atoms with van der Waals surface area (Å²) in [5.41, 5.74) is 4.35. The van der Waals surface area contributed by atoms with Crippen LogP contribution >= 0.6 is 0 Å². The highest BCUT2D eigenvalue weighted by Gasteiger charge is 2.24. The maximum Gasteiger partial charge on any atom is 0.222 e. The number of nitrogens with one attached hydrogen (secondary N) is 1. The standard InChI is InChI=1S/C19H28N6O2/c1-2-25-18-5-6-24(12-16(18)17(13-26)23-25)11-14-8-20-19(21-9-14)22-10-15-4-3-7-27-15/h8-9,15,26H,2-7,10-13H2,1H3,(H,20,21,22)/t15-/m0/s1. The minimum atomic E-state index is -0.00262. The summed E-state index contributed by atoms with van der Waals surface area (Å²) in [6.07, 6.45) is 7.26. The van der Waals surface area contributed by atoms with Crippen LogP contribution < -0.4 is 5.32 Å². The van der Waals surface area contributed by atoms with Crippen LogP contribution in [-0.2, 0) is 37.4 Å². The van der Waals surface area contributed by atoms with Crippen LogP contribution in [0.25, 0.3) is 0 Å². The van der Waals surface area contributed by atoms with Gasteiger partial charge in [-0.05, 0) is 19.8 Å². The molecule has 1 saturated heterocycles. The number of ether oxygens (including phenoxy) is 1. The fourth-order valence-corrected chi connectivity index (χ4v) is 3.94. The molecule has 2 aliphatic rings. The van der Waals surface area contributed by atoms with E-state index < -0.39 is 0 Å². The molecule has 1 atom stereocenters. The van der Waals surface area contributed by atoms with Crippen LogP contribution in [0.1, 0.15) is 42.3 Å². The lowest BCUT2D eigenvalue weighted by atomic mass is 10.0. The van der Waals surface area contributed by atoms with Crippen LogP contribution in [0, 0.1) is 0 Å². The van der Waals surface area contributed by atoms with Crippen LogP contribution in [0.3, 0.4) is 0 Å². The van der Waals surface area contributed by atoms with Gasteiger partial charge < -0.3 is 15.2 Å². The Morgan fingerprint density at radius 3 is 2.89 bits per heavy atom. The van der Waals surface area contributed by atoms with Crippen LogP contribution in [-0.4, -0.2) is 55.6 Å². The normalized spacial score (nSPS) is 20.0. The molecule has 2 N–H and O–H groups in total. The van der Waals surface area contributed by atoms with E-state index in [4.69, 9.17) is 4.74 Å². The number of rotatable bonds is 7. The quantitative estimate of drug-likeness (QED) is 0.758. The Hall–Kier alpha value is -2.03. The van der Waals surface area contributed by atoms with Gasteiger partial charge in [-0.25, -0.2) is 9.97 Å². The maximum absolute atomic E-state index is 9.61. The molecule has 0 aliphatic carbocycles. The smallest absolute Gasteiger partial charge is 0.222 e. The highest BCUT2D eigenvalue weighted by Crippen LogP contribution is 2.24. The zero-order valence-corrected chi connectivity index (χ0v) is 15.9. The highest BCUT2D eigenvalue weighted by atomic mass is 16.5. The van der Waals surface area contributed by atoms with Gasteiger partial charge in [0.2, 0.25) is 5.95 Å². The Bertz CT molecular complexity index is 754. The SMILES string of the molecule is CCn1nc(CO)c2c1CCN(Cc1cnc(NC[C@@H]3CCCO3)nc1)C2. The molecule has 0 amide bonds. The number of hydrogen-bond acceptors (Lipinski definition) is 7. The second-order valence-corrected chi connectivity index (χ2v) is 7.24. The van der Waals surface area contributed by atoms with Gasteiger partial charge in [0, 0.05) is 75.0 Å². The molecule has 0 saturated carbocycles. The van der Waals surface area contributed by atoms with Crippen molar-refractivity contribution in [3.63, 3.8) is 0 Å². The number of anilines is 1. The molecule has 1 fully saturated rings. The third kappa shape index (κ3) is 4.12. The zero-order valence-electron chi connectivity index (χ0n) is 15.9. The summed E-state index contributed by atoms with van der Waals surface area (Å²) in [6.45, 7) is 7.14. The molecule has 8 nitrogen and oxygen atoms in total. The molecule has 0 unspecified atom stereocenters. The molecule has 8 heteroatoms. The zero-order chi connectivity index (χ0) is 18.6. The van der Waals surface area contributed by atoms with Gasteiger partial charge >= 0.3 is 0 Å². The van der Waals surface area contributed by atoms with Crippen molar-refractivity contribution >= 4 is 5.95 Å². The Balaban J connectivity index is 1.35. The summed E-state index contributed by atoms with van der Waals surface area (Å²) >= 11 is 0. The minimum absolute atomic E-state index is 0.00262. The Labute approximate surface area is 159 Å². The summed E-state index contributed by atoms with van der Waals surface area (Å²) in [6, 6.07) is 0. The van der Waals surface area contributed by atoms with Crippen LogP contribution in [0.5, 0.6) is 0 Å². The van der Waals surface area contributed by atoms with E-state index in [0.717, 1.165) is 69.9 Å². The number of fused-ring (bicyclic) bond motifs is 1. The molecule has 2 aromatic heterocycles. The van der Waals surface area contributed by atoms with Crippen molar-refractivity contribution in [3.05, 3.63) is 34.9 Å². The van der Waals surface area contributed by atoms with Gasteiger partial charge in [0.05, 0.1) is 18.4 Å². The summed E-state index contributed by atoms with van der Waals surface area (Å²) in [5.74, 6) is 0.655. The minimum Gasteiger partial charge on any atom is -0.390 e. The molecule has 0 bridgehead atoms. The van der Waals surface area contributed by atoms with E-state index in [0.29, 0.717) is 5.95 Å². The second-order valence-electron chi connectivity index (χ2n) is 7.24. The summed E-state index contributed by atoms with van der Waals surface area (Å²) in [7, 11) is 0. The molecular weight excluding hydrogens is 344 g/mol. The average molecular weight is 372 g/mol. The lowest BCUT2D eigenvalue weighted by Gasteiger charge is -2.27. The largest absolute Gasteiger partial charge is 0.390 e. The third-order valence-electron chi connectivity index (χ3n) is 5.37. The van der Waals surface area contributed by atoms with Crippen LogP contribution in [0.15, 0.2) is 12.4 Å². The van der Waals surface area contributed by atoms with E-state index in [9.17, 15) is 5.11 Å². The monoisotopic (exact) mass is 372 g/mol. The van der Waals surface area contributed by atoms with E-state index in [-0.39, 0.29) is 12.7 Å². The Kier molecular flexibility index (Phi) is 5.66. The summed E-state index contributed by atoms with van der Waals surface area (Å²) in [4.78, 5) is 11.2. The van der Waals surface area contributed by atoms with E-state index in [2.05, 4.69) is 32.2 Å². The first-order chi connectivity index (χ1) is 13.3. The predicted molar refractivity (Wildman–Crippen MR) is 101 cm³/mol. The van der Waals surface area contributed by atoms with Crippen LogP contribution in [0.4, 0.5) is 5.95 Å². The second kappa shape index (κ2) is 8.33. The molecule has 27 heavy (non-hydrogen) atoms. The van der Waals surface area contributed by atoms with Crippen molar-refractivity contribution in [1.29, 1.82) is 0 Å². The third-order valence-corrected chi connectivity index (χ3v) is 5.37. The number of aliphatic hydroxyl groups is 1. The van der Waals surface area contributed by atoms with Gasteiger partial charge in [0.15, 0.2) is 0 Å². The van der Waals surface area contributed by atoms with Crippen molar-refractivity contribution in [1.82, 2.24) is 24.6 Å². The molecule has 0 spiro atoms. The van der Waals surface area contributed by atoms with Crippen LogP contribution in [0.2, 0.25) is 0 Å². The number of aliphatic hydroxyl groups excluding tert-OH is 1. The fourth-order valence-electron chi connectivity index (χ4n) is 3.94. The number of aryl methyl sites for hydroxylation is 1. The van der Waals surface area contributed by atoms with Gasteiger partial charge in [0.25, 0.3) is 0 Å². The maximum atomic E-state index is 9.61. The van der Waals surface area contributed by atoms with Gasteiger partial charge in [-0.3, -0.25) is 9.58 Å². The van der Waals surface area contributed by atoms with E-state index in [1.807, 2.05) is 17.1 Å². The molecule has 2 aromatic rings. The fraction of sp³-hybridized carbons (Fsp3) is 0.632. The molecular formula is C19H28N6O2. The predicted octanol–water partition coefficient (Wildman–Crippen LogP) is 1.33. The first-order valence-corrected chi connectivity index (χ1v) is 9.84. The van der Waals surface area contributed by atoms with Gasteiger partial charge in [-0.1, -0.05) is 0 Å². The Morgan fingerprint density at radius 1 is 1.33 bits per heavy atom. The number of hydrogen-bond donors (Lipinski definition) is 2. The molecule has 4 rings (SSSR count). The highest BCUT2D eigenvalue weighted by molar-refractivity contribution is 5.29. The van der Waals surface area contributed by atoms with E-state index in [1.165, 1.54) is 11.3 Å². The number of aromatic nitrogens is 4. The molecule has 0 aromatic carbocycles. The van der Waals surface area contributed by atoms with Gasteiger partial charge in [0.1, 0.15) is 0 Å². The topological polar surface area (TPSA) is 88.3 Å². The molecule has 2 aliphatic heterocycles. The Morgan fingerprint density at radius 2 is 2.19 bits per heavy atom. The first-order valence-electron chi connectivity index (χ1n) is 9.84.